The van der Waals surface area contributed by atoms with E-state index in [1.165, 1.54) is 0 Å². The number of carbonyl (C=O) groups is 1. The van der Waals surface area contributed by atoms with Gasteiger partial charge in [0.1, 0.15) is 11.5 Å². The second-order valence-corrected chi connectivity index (χ2v) is 5.58. The fourth-order valence-electron chi connectivity index (χ4n) is 1.97. The van der Waals surface area contributed by atoms with Crippen LogP contribution in [0.4, 0.5) is 0 Å². The highest BCUT2D eigenvalue weighted by Gasteiger charge is 2.29. The first kappa shape index (κ1) is 13.8. The minimum Gasteiger partial charge on any atom is -0.496 e. The molecule has 1 aromatic rings. The van der Waals surface area contributed by atoms with Crippen LogP contribution < -0.4 is 4.74 Å². The second kappa shape index (κ2) is 4.91. The van der Waals surface area contributed by atoms with Crippen molar-refractivity contribution in [3.8, 4) is 5.75 Å². The van der Waals surface area contributed by atoms with Gasteiger partial charge < -0.3 is 4.74 Å². The predicted molar refractivity (Wildman–Crippen MR) is 70.6 cm³/mol. The number of ether oxygens (including phenoxy) is 1. The first-order valence-corrected chi connectivity index (χ1v) is 5.96. The van der Waals surface area contributed by atoms with E-state index >= 15 is 0 Å². The summed E-state index contributed by atoms with van der Waals surface area (Å²) in [6.45, 7) is 9.81. The molecule has 0 aromatic heterocycles. The average Bonchev–Trinajstić information content (AvgIpc) is 2.25. The van der Waals surface area contributed by atoms with Crippen molar-refractivity contribution < 1.29 is 9.53 Å². The number of hydrogen-bond acceptors (Lipinski definition) is 2. The second-order valence-electron chi connectivity index (χ2n) is 5.58. The van der Waals surface area contributed by atoms with Gasteiger partial charge in [0.15, 0.2) is 0 Å². The van der Waals surface area contributed by atoms with Crippen LogP contribution in [0, 0.1) is 12.3 Å². The van der Waals surface area contributed by atoms with Crippen LogP contribution in [0.15, 0.2) is 18.2 Å². The lowest BCUT2D eigenvalue weighted by Gasteiger charge is -2.23. The normalized spacial score (nSPS) is 13.3. The molecule has 17 heavy (non-hydrogen) atoms. The molecule has 2 heteroatoms. The first-order valence-electron chi connectivity index (χ1n) is 5.96. The molecule has 0 bridgehead atoms. The summed E-state index contributed by atoms with van der Waals surface area (Å²) in [5, 5.41) is 0. The van der Waals surface area contributed by atoms with Gasteiger partial charge in [0.05, 0.1) is 7.11 Å². The third-order valence-electron chi connectivity index (χ3n) is 2.99. The summed E-state index contributed by atoms with van der Waals surface area (Å²) in [5.74, 6) is 0.903. The lowest BCUT2D eigenvalue weighted by molar-refractivity contribution is -0.127. The number of hydrogen-bond donors (Lipinski definition) is 0. The van der Waals surface area contributed by atoms with Gasteiger partial charge >= 0.3 is 0 Å². The molecule has 1 rings (SSSR count). The van der Waals surface area contributed by atoms with Crippen LogP contribution in [0.2, 0.25) is 0 Å². The van der Waals surface area contributed by atoms with Crippen molar-refractivity contribution in [2.24, 2.45) is 5.41 Å². The highest BCUT2D eigenvalue weighted by molar-refractivity contribution is 5.90. The highest BCUT2D eigenvalue weighted by Crippen LogP contribution is 2.32. The molecular formula is C15H22O2. The third-order valence-corrected chi connectivity index (χ3v) is 2.99. The van der Waals surface area contributed by atoms with E-state index in [0.717, 1.165) is 16.9 Å². The van der Waals surface area contributed by atoms with E-state index in [-0.39, 0.29) is 17.1 Å². The van der Waals surface area contributed by atoms with E-state index in [1.54, 1.807) is 7.11 Å². The van der Waals surface area contributed by atoms with Crippen LogP contribution >= 0.6 is 0 Å². The Morgan fingerprint density at radius 2 is 1.88 bits per heavy atom. The molecule has 0 aliphatic carbocycles. The number of Topliss-reactive ketones (excluding diaryl/α,β-unsaturated/α-hetero) is 1. The summed E-state index contributed by atoms with van der Waals surface area (Å²) in [6, 6.07) is 5.98. The largest absolute Gasteiger partial charge is 0.496 e. The number of methoxy groups -OCH3 is 1. The Morgan fingerprint density at radius 1 is 1.29 bits per heavy atom. The van der Waals surface area contributed by atoms with Crippen molar-refractivity contribution in [1.82, 2.24) is 0 Å². The number of ketones is 1. The van der Waals surface area contributed by atoms with Gasteiger partial charge in [-0.3, -0.25) is 4.79 Å². The van der Waals surface area contributed by atoms with Crippen LogP contribution in [-0.2, 0) is 4.79 Å². The molecule has 1 atom stereocenters. The van der Waals surface area contributed by atoms with Crippen molar-refractivity contribution in [2.75, 3.05) is 7.11 Å². The molecular weight excluding hydrogens is 212 g/mol. The van der Waals surface area contributed by atoms with Crippen molar-refractivity contribution in [2.45, 2.75) is 40.5 Å². The molecule has 1 aromatic carbocycles. The number of carbonyl (C=O) groups excluding carboxylic acids is 1. The maximum absolute atomic E-state index is 12.3. The van der Waals surface area contributed by atoms with Crippen molar-refractivity contribution in [3.63, 3.8) is 0 Å². The Labute approximate surface area is 104 Å². The van der Waals surface area contributed by atoms with Gasteiger partial charge in [-0.1, -0.05) is 39.8 Å². The summed E-state index contributed by atoms with van der Waals surface area (Å²) in [5.41, 5.74) is 1.79. The third kappa shape index (κ3) is 3.09. The molecule has 0 aliphatic heterocycles. The van der Waals surface area contributed by atoms with Gasteiger partial charge in [-0.2, -0.15) is 0 Å². The molecule has 0 spiro atoms. The standard InChI is InChI=1S/C15H22O2/c1-10-7-8-12(13(9-10)17-6)11(2)14(16)15(3,4)5/h7-9,11H,1-6H3. The van der Waals surface area contributed by atoms with E-state index in [1.807, 2.05) is 52.8 Å². The Hall–Kier alpha value is -1.31. The zero-order chi connectivity index (χ0) is 13.2. The smallest absolute Gasteiger partial charge is 0.145 e. The molecule has 0 saturated heterocycles. The molecule has 94 valence electrons. The molecule has 0 aliphatic rings. The van der Waals surface area contributed by atoms with E-state index in [0.29, 0.717) is 0 Å². The summed E-state index contributed by atoms with van der Waals surface area (Å²) in [4.78, 5) is 12.3. The van der Waals surface area contributed by atoms with Gasteiger partial charge in [0, 0.05) is 16.9 Å². The zero-order valence-electron chi connectivity index (χ0n) is 11.6. The maximum Gasteiger partial charge on any atom is 0.145 e. The summed E-state index contributed by atoms with van der Waals surface area (Å²) >= 11 is 0. The number of aryl methyl sites for hydroxylation is 1. The van der Waals surface area contributed by atoms with Crippen LogP contribution in [0.5, 0.6) is 5.75 Å². The summed E-state index contributed by atoms with van der Waals surface area (Å²) in [6.07, 6.45) is 0. The SMILES string of the molecule is COc1cc(C)ccc1C(C)C(=O)C(C)(C)C. The monoisotopic (exact) mass is 234 g/mol. The van der Waals surface area contributed by atoms with Gasteiger partial charge in [0.25, 0.3) is 0 Å². The Balaban J connectivity index is 3.12. The average molecular weight is 234 g/mol. The molecule has 0 radical (unpaired) electrons. The van der Waals surface area contributed by atoms with Gasteiger partial charge in [-0.25, -0.2) is 0 Å². The Morgan fingerprint density at radius 3 is 2.35 bits per heavy atom. The van der Waals surface area contributed by atoms with E-state index in [4.69, 9.17) is 4.74 Å². The minimum absolute atomic E-state index is 0.134. The lowest BCUT2D eigenvalue weighted by Crippen LogP contribution is -2.25. The Bertz CT molecular complexity index is 413. The molecule has 2 nitrogen and oxygen atoms in total. The Kier molecular flexibility index (Phi) is 3.97. The quantitative estimate of drug-likeness (QED) is 0.796. The van der Waals surface area contributed by atoms with E-state index in [9.17, 15) is 4.79 Å². The number of benzene rings is 1. The van der Waals surface area contributed by atoms with Crippen molar-refractivity contribution in [3.05, 3.63) is 29.3 Å². The highest BCUT2D eigenvalue weighted by atomic mass is 16.5. The van der Waals surface area contributed by atoms with Gasteiger partial charge in [-0.05, 0) is 18.6 Å². The topological polar surface area (TPSA) is 26.3 Å². The first-order chi connectivity index (χ1) is 7.77. The van der Waals surface area contributed by atoms with Crippen molar-refractivity contribution in [1.29, 1.82) is 0 Å². The van der Waals surface area contributed by atoms with Gasteiger partial charge in [0.2, 0.25) is 0 Å². The summed E-state index contributed by atoms with van der Waals surface area (Å²) < 4.78 is 5.36. The molecule has 0 fully saturated rings. The van der Waals surface area contributed by atoms with Crippen LogP contribution in [0.25, 0.3) is 0 Å². The molecule has 0 amide bonds. The fraction of sp³-hybridized carbons (Fsp3) is 0.533. The molecule has 0 N–H and O–H groups in total. The fourth-order valence-corrected chi connectivity index (χ4v) is 1.97. The maximum atomic E-state index is 12.3. The van der Waals surface area contributed by atoms with Crippen LogP contribution in [-0.4, -0.2) is 12.9 Å². The van der Waals surface area contributed by atoms with Crippen LogP contribution in [0.1, 0.15) is 44.7 Å². The summed E-state index contributed by atoms with van der Waals surface area (Å²) in [7, 11) is 1.65. The molecule has 1 unspecified atom stereocenters. The molecule has 0 saturated carbocycles. The van der Waals surface area contributed by atoms with Gasteiger partial charge in [-0.15, -0.1) is 0 Å². The predicted octanol–water partition coefficient (Wildman–Crippen LogP) is 3.72. The number of rotatable bonds is 3. The minimum atomic E-state index is -0.324. The molecule has 0 heterocycles. The zero-order valence-corrected chi connectivity index (χ0v) is 11.6. The lowest BCUT2D eigenvalue weighted by atomic mass is 9.80. The van der Waals surface area contributed by atoms with E-state index < -0.39 is 0 Å². The van der Waals surface area contributed by atoms with Crippen molar-refractivity contribution >= 4 is 5.78 Å². The van der Waals surface area contributed by atoms with Crippen LogP contribution in [0.3, 0.4) is 0 Å². The van der Waals surface area contributed by atoms with E-state index in [2.05, 4.69) is 0 Å².